The molecule has 4 heteroatoms. The molecule has 2 rings (SSSR count). The molecule has 1 aliphatic rings. The number of carbonyl (C=O) groups excluding carboxylic acids is 1. The maximum atomic E-state index is 11.9. The van der Waals surface area contributed by atoms with E-state index in [1.807, 2.05) is 24.3 Å². The summed E-state index contributed by atoms with van der Waals surface area (Å²) in [6, 6.07) is 7.73. The molecule has 0 saturated carbocycles. The van der Waals surface area contributed by atoms with Gasteiger partial charge in [-0.05, 0) is 30.0 Å². The largest absolute Gasteiger partial charge is 0.386 e. The van der Waals surface area contributed by atoms with Gasteiger partial charge in [0.1, 0.15) is 0 Å². The number of β-amino-alcohol motifs (C(OH)–C–C–N with tert-alkyl or cyclic N) is 1. The topological polar surface area (TPSA) is 52.6 Å². The molecule has 0 unspecified atom stereocenters. The third-order valence-electron chi connectivity index (χ3n) is 3.35. The van der Waals surface area contributed by atoms with E-state index in [0.717, 1.165) is 5.69 Å². The van der Waals surface area contributed by atoms with E-state index in [2.05, 4.69) is 26.1 Å². The fourth-order valence-electron chi connectivity index (χ4n) is 2.18. The van der Waals surface area contributed by atoms with Gasteiger partial charge in [-0.15, -0.1) is 0 Å². The summed E-state index contributed by atoms with van der Waals surface area (Å²) < 4.78 is 0. The van der Waals surface area contributed by atoms with Gasteiger partial charge in [0.05, 0.1) is 18.7 Å². The highest BCUT2D eigenvalue weighted by atomic mass is 16.3. The third kappa shape index (κ3) is 3.26. The van der Waals surface area contributed by atoms with E-state index in [0.29, 0.717) is 13.1 Å². The summed E-state index contributed by atoms with van der Waals surface area (Å²) in [6.07, 6.45) is 0. The van der Waals surface area contributed by atoms with Gasteiger partial charge in [0.25, 0.3) is 0 Å². The zero-order valence-corrected chi connectivity index (χ0v) is 12.0. The highest BCUT2D eigenvalue weighted by molar-refractivity contribution is 5.90. The van der Waals surface area contributed by atoms with Crippen molar-refractivity contribution in [1.29, 1.82) is 0 Å². The lowest BCUT2D eigenvalue weighted by Gasteiger charge is -2.43. The normalized spacial score (nSPS) is 17.8. The Morgan fingerprint density at radius 1 is 1.26 bits per heavy atom. The van der Waals surface area contributed by atoms with Crippen molar-refractivity contribution >= 4 is 11.7 Å². The lowest BCUT2D eigenvalue weighted by atomic mass is 9.87. The van der Waals surface area contributed by atoms with E-state index in [-0.39, 0.29) is 11.4 Å². The highest BCUT2D eigenvalue weighted by Gasteiger charge is 2.39. The number of nitrogens with one attached hydrogen (secondary N) is 1. The molecular formula is C15H22N2O2. The molecule has 2 N–H and O–H groups in total. The van der Waals surface area contributed by atoms with E-state index in [1.165, 1.54) is 5.56 Å². The van der Waals surface area contributed by atoms with Crippen LogP contribution in [0.4, 0.5) is 10.5 Å². The molecule has 0 aromatic heterocycles. The second kappa shape index (κ2) is 4.53. The van der Waals surface area contributed by atoms with Crippen molar-refractivity contribution in [2.24, 2.45) is 0 Å². The molecule has 1 fully saturated rings. The van der Waals surface area contributed by atoms with Gasteiger partial charge in [-0.3, -0.25) is 0 Å². The minimum atomic E-state index is -0.729. The molecule has 0 spiro atoms. The molecule has 2 amide bonds. The number of benzene rings is 1. The average molecular weight is 262 g/mol. The fraction of sp³-hybridized carbons (Fsp3) is 0.533. The van der Waals surface area contributed by atoms with Crippen LogP contribution in [0.15, 0.2) is 24.3 Å². The summed E-state index contributed by atoms with van der Waals surface area (Å²) in [5.74, 6) is 0. The first-order valence-electron chi connectivity index (χ1n) is 6.56. The Bertz CT molecular complexity index is 464. The number of hydrogen-bond acceptors (Lipinski definition) is 2. The van der Waals surface area contributed by atoms with Crippen molar-refractivity contribution in [2.75, 3.05) is 18.4 Å². The van der Waals surface area contributed by atoms with Gasteiger partial charge in [0.2, 0.25) is 0 Å². The Labute approximate surface area is 114 Å². The minimum Gasteiger partial charge on any atom is -0.386 e. The third-order valence-corrected chi connectivity index (χ3v) is 3.35. The average Bonchev–Trinajstić information content (AvgIpc) is 2.25. The number of likely N-dealkylation sites (tertiary alicyclic amines) is 1. The molecular weight excluding hydrogens is 240 g/mol. The molecule has 1 saturated heterocycles. The van der Waals surface area contributed by atoms with Crippen molar-refractivity contribution in [3.63, 3.8) is 0 Å². The van der Waals surface area contributed by atoms with Crippen LogP contribution in [0.5, 0.6) is 0 Å². The Morgan fingerprint density at radius 3 is 2.21 bits per heavy atom. The van der Waals surface area contributed by atoms with Crippen LogP contribution in [0.25, 0.3) is 0 Å². The van der Waals surface area contributed by atoms with Crippen LogP contribution in [0, 0.1) is 0 Å². The predicted molar refractivity (Wildman–Crippen MR) is 76.4 cm³/mol. The molecule has 0 aliphatic carbocycles. The molecule has 1 heterocycles. The number of rotatable bonds is 1. The summed E-state index contributed by atoms with van der Waals surface area (Å²) in [5.41, 5.74) is 1.40. The molecule has 1 aromatic carbocycles. The number of urea groups is 1. The van der Waals surface area contributed by atoms with Gasteiger partial charge < -0.3 is 15.3 Å². The first kappa shape index (κ1) is 13.9. The van der Waals surface area contributed by atoms with Crippen LogP contribution in [0.3, 0.4) is 0 Å². The standard InChI is InChI=1S/C15H22N2O2/c1-14(2,3)11-5-7-12(8-6-11)16-13(18)17-9-15(4,19)10-17/h5-8,19H,9-10H2,1-4H3,(H,16,18). The van der Waals surface area contributed by atoms with E-state index in [4.69, 9.17) is 0 Å². The van der Waals surface area contributed by atoms with Crippen molar-refractivity contribution in [2.45, 2.75) is 38.7 Å². The van der Waals surface area contributed by atoms with Crippen molar-refractivity contribution in [3.05, 3.63) is 29.8 Å². The first-order chi connectivity index (χ1) is 8.67. The molecule has 1 aromatic rings. The predicted octanol–water partition coefficient (Wildman–Crippen LogP) is 2.58. The Balaban J connectivity index is 1.95. The number of nitrogens with zero attached hydrogens (tertiary/aromatic N) is 1. The Morgan fingerprint density at radius 2 is 1.79 bits per heavy atom. The minimum absolute atomic E-state index is 0.110. The molecule has 19 heavy (non-hydrogen) atoms. The zero-order chi connectivity index (χ0) is 14.3. The molecule has 0 radical (unpaired) electrons. The lowest BCUT2D eigenvalue weighted by molar-refractivity contribution is -0.0581. The van der Waals surface area contributed by atoms with E-state index in [1.54, 1.807) is 11.8 Å². The fourth-order valence-corrected chi connectivity index (χ4v) is 2.18. The van der Waals surface area contributed by atoms with E-state index in [9.17, 15) is 9.90 Å². The van der Waals surface area contributed by atoms with Crippen molar-refractivity contribution in [3.8, 4) is 0 Å². The first-order valence-corrected chi connectivity index (χ1v) is 6.56. The second-order valence-electron chi connectivity index (χ2n) is 6.61. The maximum Gasteiger partial charge on any atom is 0.322 e. The number of amides is 2. The molecule has 0 atom stereocenters. The van der Waals surface area contributed by atoms with Gasteiger partial charge in [0, 0.05) is 5.69 Å². The SMILES string of the molecule is CC1(O)CN(C(=O)Nc2ccc(C(C)(C)C)cc2)C1. The van der Waals surface area contributed by atoms with Crippen LogP contribution in [0.1, 0.15) is 33.3 Å². The van der Waals surface area contributed by atoms with E-state index >= 15 is 0 Å². The van der Waals surface area contributed by atoms with E-state index < -0.39 is 5.60 Å². The Kier molecular flexibility index (Phi) is 3.31. The monoisotopic (exact) mass is 262 g/mol. The summed E-state index contributed by atoms with van der Waals surface area (Å²) in [7, 11) is 0. The molecule has 4 nitrogen and oxygen atoms in total. The van der Waals surface area contributed by atoms with Crippen molar-refractivity contribution in [1.82, 2.24) is 4.90 Å². The van der Waals surface area contributed by atoms with Crippen LogP contribution in [0.2, 0.25) is 0 Å². The highest BCUT2D eigenvalue weighted by Crippen LogP contribution is 2.24. The van der Waals surface area contributed by atoms with Crippen LogP contribution in [-0.4, -0.2) is 34.7 Å². The van der Waals surface area contributed by atoms with Gasteiger partial charge in [-0.25, -0.2) is 4.79 Å². The number of hydrogen-bond donors (Lipinski definition) is 2. The number of carbonyl (C=O) groups is 1. The zero-order valence-electron chi connectivity index (χ0n) is 12.0. The smallest absolute Gasteiger partial charge is 0.322 e. The van der Waals surface area contributed by atoms with Crippen LogP contribution >= 0.6 is 0 Å². The lowest BCUT2D eigenvalue weighted by Crippen LogP contribution is -2.62. The van der Waals surface area contributed by atoms with Gasteiger partial charge >= 0.3 is 6.03 Å². The van der Waals surface area contributed by atoms with Gasteiger partial charge in [-0.1, -0.05) is 32.9 Å². The number of aliphatic hydroxyl groups is 1. The molecule has 1 aliphatic heterocycles. The summed E-state index contributed by atoms with van der Waals surface area (Å²) in [5, 5.41) is 12.4. The van der Waals surface area contributed by atoms with Crippen LogP contribution < -0.4 is 5.32 Å². The summed E-state index contributed by atoms with van der Waals surface area (Å²) >= 11 is 0. The van der Waals surface area contributed by atoms with Gasteiger partial charge in [-0.2, -0.15) is 0 Å². The molecule has 104 valence electrons. The summed E-state index contributed by atoms with van der Waals surface area (Å²) in [6.45, 7) is 8.97. The summed E-state index contributed by atoms with van der Waals surface area (Å²) in [4.78, 5) is 13.5. The van der Waals surface area contributed by atoms with Crippen LogP contribution in [-0.2, 0) is 5.41 Å². The van der Waals surface area contributed by atoms with Gasteiger partial charge in [0.15, 0.2) is 0 Å². The number of anilines is 1. The molecule has 0 bridgehead atoms. The maximum absolute atomic E-state index is 11.9. The van der Waals surface area contributed by atoms with Crippen molar-refractivity contribution < 1.29 is 9.90 Å². The second-order valence-corrected chi connectivity index (χ2v) is 6.61. The quantitative estimate of drug-likeness (QED) is 0.817. The Hall–Kier alpha value is -1.55.